The summed E-state index contributed by atoms with van der Waals surface area (Å²) in [6.45, 7) is 6.88. The smallest absolute Gasteiger partial charge is 0.156 e. The van der Waals surface area contributed by atoms with E-state index in [9.17, 15) is 0 Å². The molecule has 3 nitrogen and oxygen atoms in total. The zero-order chi connectivity index (χ0) is 13.1. The number of nitrogens with one attached hydrogen (secondary N) is 1. The van der Waals surface area contributed by atoms with E-state index in [1.54, 1.807) is 0 Å². The molecule has 0 aliphatic heterocycles. The van der Waals surface area contributed by atoms with Crippen LogP contribution in [0.3, 0.4) is 0 Å². The molecule has 0 saturated heterocycles. The van der Waals surface area contributed by atoms with E-state index in [4.69, 9.17) is 11.6 Å². The number of alkyl halides is 1. The summed E-state index contributed by atoms with van der Waals surface area (Å²) in [5, 5.41) is 14.0. The first kappa shape index (κ1) is 13.1. The summed E-state index contributed by atoms with van der Waals surface area (Å²) in [6.07, 6.45) is 0. The number of aromatic nitrogens is 2. The average molecular weight is 264 g/mol. The van der Waals surface area contributed by atoms with Crippen LogP contribution >= 0.6 is 11.6 Å². The predicted octanol–water partition coefficient (Wildman–Crippen LogP) is 3.61. The van der Waals surface area contributed by atoms with E-state index in [-0.39, 0.29) is 5.38 Å². The Morgan fingerprint density at radius 3 is 2.50 bits per heavy atom. The Bertz CT molecular complexity index is 540. The van der Waals surface area contributed by atoms with Gasteiger partial charge in [-0.2, -0.15) is 5.10 Å². The highest BCUT2D eigenvalue weighted by Gasteiger charge is 2.11. The molecular formula is C14H18ClN3. The van der Waals surface area contributed by atoms with Crippen molar-refractivity contribution in [2.75, 3.05) is 11.9 Å². The average Bonchev–Trinajstić information content (AvgIpc) is 2.38. The molecule has 1 unspecified atom stereocenters. The minimum absolute atomic E-state index is 0.0897. The summed E-state index contributed by atoms with van der Waals surface area (Å²) in [7, 11) is 0. The molecule has 2 rings (SSSR count). The normalized spacial score (nSPS) is 12.9. The number of benzene rings is 1. The molecule has 0 amide bonds. The van der Waals surface area contributed by atoms with Crippen LogP contribution in [0.25, 0.3) is 10.8 Å². The molecular weight excluding hydrogens is 246 g/mol. The molecule has 0 fully saturated rings. The third-order valence-corrected chi connectivity index (χ3v) is 3.72. The van der Waals surface area contributed by atoms with Crippen molar-refractivity contribution in [1.82, 2.24) is 10.2 Å². The fourth-order valence-electron chi connectivity index (χ4n) is 1.80. The second-order valence-corrected chi connectivity index (χ2v) is 5.38. The van der Waals surface area contributed by atoms with Crippen molar-refractivity contribution in [2.24, 2.45) is 5.92 Å². The maximum Gasteiger partial charge on any atom is 0.156 e. The topological polar surface area (TPSA) is 37.8 Å². The summed E-state index contributed by atoms with van der Waals surface area (Å²) in [5.41, 5.74) is 0.947. The highest BCUT2D eigenvalue weighted by molar-refractivity contribution is 6.21. The van der Waals surface area contributed by atoms with Crippen molar-refractivity contribution in [3.63, 3.8) is 0 Å². The van der Waals surface area contributed by atoms with Crippen molar-refractivity contribution >= 4 is 28.2 Å². The third kappa shape index (κ3) is 2.72. The van der Waals surface area contributed by atoms with Gasteiger partial charge in [-0.25, -0.2) is 0 Å². The molecule has 0 aliphatic carbocycles. The minimum Gasteiger partial charge on any atom is -0.367 e. The van der Waals surface area contributed by atoms with Gasteiger partial charge >= 0.3 is 0 Å². The Balaban J connectivity index is 2.26. The molecule has 0 bridgehead atoms. The molecule has 1 N–H and O–H groups in total. The molecule has 0 spiro atoms. The number of anilines is 1. The molecule has 1 heterocycles. The summed E-state index contributed by atoms with van der Waals surface area (Å²) in [4.78, 5) is 0. The Kier molecular flexibility index (Phi) is 4.02. The second-order valence-electron chi connectivity index (χ2n) is 4.82. The molecule has 2 aromatic rings. The molecule has 1 aromatic heterocycles. The molecule has 1 atom stereocenters. The molecule has 18 heavy (non-hydrogen) atoms. The van der Waals surface area contributed by atoms with Gasteiger partial charge in [0.05, 0.1) is 11.1 Å². The lowest BCUT2D eigenvalue weighted by Gasteiger charge is -2.15. The van der Waals surface area contributed by atoms with Crippen LogP contribution in [0.15, 0.2) is 24.3 Å². The number of fused-ring (bicyclic) bond motifs is 1. The zero-order valence-corrected chi connectivity index (χ0v) is 11.7. The van der Waals surface area contributed by atoms with Gasteiger partial charge in [0, 0.05) is 17.3 Å². The summed E-state index contributed by atoms with van der Waals surface area (Å²) in [5.74, 6) is 1.24. The van der Waals surface area contributed by atoms with E-state index in [2.05, 4.69) is 41.5 Å². The van der Waals surface area contributed by atoms with Gasteiger partial charge in [-0.1, -0.05) is 38.1 Å². The van der Waals surface area contributed by atoms with Crippen LogP contribution in [0.2, 0.25) is 0 Å². The highest BCUT2D eigenvalue weighted by atomic mass is 35.5. The van der Waals surface area contributed by atoms with Crippen molar-refractivity contribution in [3.05, 3.63) is 30.0 Å². The summed E-state index contributed by atoms with van der Waals surface area (Å²) < 4.78 is 0. The lowest BCUT2D eigenvalue weighted by atomic mass is 10.1. The fourth-order valence-corrected chi connectivity index (χ4v) is 1.88. The number of hydrogen-bond donors (Lipinski definition) is 1. The molecule has 96 valence electrons. The van der Waals surface area contributed by atoms with Gasteiger partial charge in [0.25, 0.3) is 0 Å². The van der Waals surface area contributed by atoms with Crippen LogP contribution in [0.5, 0.6) is 0 Å². The van der Waals surface area contributed by atoms with Crippen LogP contribution in [-0.2, 0) is 0 Å². The van der Waals surface area contributed by atoms with E-state index in [1.807, 2.05) is 19.1 Å². The number of nitrogens with zero attached hydrogens (tertiary/aromatic N) is 2. The van der Waals surface area contributed by atoms with Crippen LogP contribution in [0.1, 0.15) is 19.5 Å². The zero-order valence-electron chi connectivity index (χ0n) is 10.9. The summed E-state index contributed by atoms with van der Waals surface area (Å²) >= 11 is 6.24. The second kappa shape index (κ2) is 5.53. The van der Waals surface area contributed by atoms with Crippen LogP contribution in [-0.4, -0.2) is 22.1 Å². The number of halogens is 1. The Hall–Kier alpha value is -1.35. The van der Waals surface area contributed by atoms with E-state index >= 15 is 0 Å². The maximum atomic E-state index is 6.24. The largest absolute Gasteiger partial charge is 0.367 e. The summed E-state index contributed by atoms with van der Waals surface area (Å²) in [6, 6.07) is 8.14. The standard InChI is InChI=1S/C14H18ClN3/c1-9(2)13(15)8-16-14-12-7-5-4-6-11(12)10(3)17-18-14/h4-7,9,13H,8H2,1-3H3,(H,16,18). The number of aryl methyl sites for hydroxylation is 1. The van der Waals surface area contributed by atoms with Gasteiger partial charge in [-0.3, -0.25) is 0 Å². The van der Waals surface area contributed by atoms with Gasteiger partial charge in [-0.15, -0.1) is 16.7 Å². The third-order valence-electron chi connectivity index (χ3n) is 3.06. The molecule has 0 saturated carbocycles. The number of rotatable bonds is 4. The number of hydrogen-bond acceptors (Lipinski definition) is 3. The van der Waals surface area contributed by atoms with E-state index < -0.39 is 0 Å². The SMILES string of the molecule is Cc1nnc(NCC(Cl)C(C)C)c2ccccc12. The van der Waals surface area contributed by atoms with Crippen LogP contribution in [0.4, 0.5) is 5.82 Å². The van der Waals surface area contributed by atoms with Gasteiger partial charge in [0.2, 0.25) is 0 Å². The quantitative estimate of drug-likeness (QED) is 0.857. The van der Waals surface area contributed by atoms with Gasteiger partial charge in [0.15, 0.2) is 5.82 Å². The minimum atomic E-state index is 0.0897. The first-order chi connectivity index (χ1) is 8.59. The van der Waals surface area contributed by atoms with E-state index in [1.165, 1.54) is 0 Å². The Morgan fingerprint density at radius 2 is 1.83 bits per heavy atom. The van der Waals surface area contributed by atoms with Gasteiger partial charge in [-0.05, 0) is 12.8 Å². The first-order valence-corrected chi connectivity index (χ1v) is 6.63. The van der Waals surface area contributed by atoms with Crippen molar-refractivity contribution in [2.45, 2.75) is 26.1 Å². The van der Waals surface area contributed by atoms with Gasteiger partial charge < -0.3 is 5.32 Å². The van der Waals surface area contributed by atoms with Gasteiger partial charge in [0.1, 0.15) is 0 Å². The first-order valence-electron chi connectivity index (χ1n) is 6.19. The molecule has 1 aromatic carbocycles. The molecule has 0 aliphatic rings. The maximum absolute atomic E-state index is 6.24. The molecule has 0 radical (unpaired) electrons. The lowest BCUT2D eigenvalue weighted by Crippen LogP contribution is -2.20. The van der Waals surface area contributed by atoms with Crippen molar-refractivity contribution < 1.29 is 0 Å². The monoisotopic (exact) mass is 263 g/mol. The highest BCUT2D eigenvalue weighted by Crippen LogP contribution is 2.22. The van der Waals surface area contributed by atoms with E-state index in [0.717, 1.165) is 22.3 Å². The van der Waals surface area contributed by atoms with Crippen LogP contribution in [0, 0.1) is 12.8 Å². The van der Waals surface area contributed by atoms with E-state index in [0.29, 0.717) is 12.5 Å². The Labute approximate surface area is 113 Å². The van der Waals surface area contributed by atoms with Crippen LogP contribution < -0.4 is 5.32 Å². The fraction of sp³-hybridized carbons (Fsp3) is 0.429. The lowest BCUT2D eigenvalue weighted by molar-refractivity contribution is 0.615. The van der Waals surface area contributed by atoms with Crippen molar-refractivity contribution in [3.8, 4) is 0 Å². The molecule has 4 heteroatoms. The van der Waals surface area contributed by atoms with Crippen molar-refractivity contribution in [1.29, 1.82) is 0 Å². The predicted molar refractivity (Wildman–Crippen MR) is 77.2 cm³/mol. The Morgan fingerprint density at radius 1 is 1.17 bits per heavy atom.